The largest absolute Gasteiger partial charge is 0.309 e. The maximum Gasteiger partial charge on any atom is 0.0548 e. The number of hydrogen-bond donors (Lipinski definition) is 0. The van der Waals surface area contributed by atoms with Gasteiger partial charge in [0.15, 0.2) is 0 Å². The summed E-state index contributed by atoms with van der Waals surface area (Å²) in [4.78, 5) is 0. The fourth-order valence-corrected chi connectivity index (χ4v) is 10.4. The van der Waals surface area contributed by atoms with Gasteiger partial charge in [0.25, 0.3) is 0 Å². The highest BCUT2D eigenvalue weighted by molar-refractivity contribution is 7.26. The summed E-state index contributed by atoms with van der Waals surface area (Å²) in [5.74, 6) is 0. The van der Waals surface area contributed by atoms with E-state index in [0.717, 1.165) is 0 Å². The van der Waals surface area contributed by atoms with E-state index < -0.39 is 0 Å². The molecule has 0 bridgehead atoms. The fourth-order valence-electron chi connectivity index (χ4n) is 9.29. The van der Waals surface area contributed by atoms with Crippen LogP contribution >= 0.6 is 11.3 Å². The third-order valence-corrected chi connectivity index (χ3v) is 12.9. The van der Waals surface area contributed by atoms with E-state index in [2.05, 4.69) is 205 Å². The van der Waals surface area contributed by atoms with Gasteiger partial charge in [0, 0.05) is 36.6 Å². The van der Waals surface area contributed by atoms with Crippen LogP contribution in [0.5, 0.6) is 0 Å². The van der Waals surface area contributed by atoms with Crippen LogP contribution in [-0.4, -0.2) is 4.57 Å². The Kier molecular flexibility index (Phi) is 6.87. The SMILES string of the molecule is c1ccc(-n2c3ccccc3c3c4c(ccc32)sc2ccc(-c3c5ccccc5c(-c5ccc(-c6ccc7ccccc7c6)cc5)c5ccccc35)cc24)cc1. The molecule has 1 nitrogen and oxygen atoms in total. The van der Waals surface area contributed by atoms with Crippen molar-refractivity contribution < 1.29 is 0 Å². The smallest absolute Gasteiger partial charge is 0.0548 e. The fraction of sp³-hybridized carbons (Fsp3) is 0. The van der Waals surface area contributed by atoms with Gasteiger partial charge in [0.05, 0.1) is 11.0 Å². The molecule has 2 heterocycles. The van der Waals surface area contributed by atoms with Crippen molar-refractivity contribution >= 4 is 85.6 Å². The Morgan fingerprint density at radius 2 is 0.857 bits per heavy atom. The number of para-hydroxylation sites is 2. The van der Waals surface area contributed by atoms with Crippen LogP contribution in [0.25, 0.3) is 113 Å². The van der Waals surface area contributed by atoms with Crippen molar-refractivity contribution in [3.05, 3.63) is 200 Å². The maximum atomic E-state index is 2.47. The van der Waals surface area contributed by atoms with Gasteiger partial charge in [0.1, 0.15) is 0 Å². The lowest BCUT2D eigenvalue weighted by atomic mass is 9.85. The number of fused-ring (bicyclic) bond motifs is 10. The molecule has 0 unspecified atom stereocenters. The zero-order valence-electron chi connectivity index (χ0n) is 30.4. The zero-order valence-corrected chi connectivity index (χ0v) is 31.2. The summed E-state index contributed by atoms with van der Waals surface area (Å²) in [7, 11) is 0. The monoisotopic (exact) mass is 727 g/mol. The van der Waals surface area contributed by atoms with E-state index in [1.807, 2.05) is 11.3 Å². The van der Waals surface area contributed by atoms with E-state index in [-0.39, 0.29) is 0 Å². The van der Waals surface area contributed by atoms with Crippen LogP contribution in [0, 0.1) is 0 Å². The first-order chi connectivity index (χ1) is 27.8. The van der Waals surface area contributed by atoms with Gasteiger partial charge in [-0.15, -0.1) is 11.3 Å². The molecule has 0 aliphatic carbocycles. The zero-order chi connectivity index (χ0) is 36.7. The van der Waals surface area contributed by atoms with Crippen molar-refractivity contribution in [1.82, 2.24) is 4.57 Å². The average Bonchev–Trinajstić information content (AvgIpc) is 3.81. The lowest BCUT2D eigenvalue weighted by molar-refractivity contribution is 1.18. The summed E-state index contributed by atoms with van der Waals surface area (Å²) in [6.45, 7) is 0. The molecule has 0 spiro atoms. The molecule has 12 aromatic rings. The lowest BCUT2D eigenvalue weighted by Gasteiger charge is -2.18. The van der Waals surface area contributed by atoms with Crippen LogP contribution in [0.15, 0.2) is 200 Å². The van der Waals surface area contributed by atoms with Gasteiger partial charge in [-0.2, -0.15) is 0 Å². The second kappa shape index (κ2) is 12.3. The molecule has 0 aliphatic rings. The predicted octanol–water partition coefficient (Wildman–Crippen LogP) is 15.6. The molecule has 0 saturated carbocycles. The first-order valence-corrected chi connectivity index (χ1v) is 20.1. The molecule has 0 atom stereocenters. The van der Waals surface area contributed by atoms with Crippen molar-refractivity contribution in [2.24, 2.45) is 0 Å². The summed E-state index contributed by atoms with van der Waals surface area (Å²) >= 11 is 1.89. The predicted molar refractivity (Wildman–Crippen MR) is 242 cm³/mol. The van der Waals surface area contributed by atoms with Gasteiger partial charge in [0.2, 0.25) is 0 Å². The van der Waals surface area contributed by atoms with E-state index in [4.69, 9.17) is 0 Å². The minimum absolute atomic E-state index is 1.18. The first-order valence-electron chi connectivity index (χ1n) is 19.3. The topological polar surface area (TPSA) is 4.93 Å². The van der Waals surface area contributed by atoms with Gasteiger partial charge in [-0.3, -0.25) is 0 Å². The average molecular weight is 728 g/mol. The van der Waals surface area contributed by atoms with Gasteiger partial charge < -0.3 is 4.57 Å². The van der Waals surface area contributed by atoms with Crippen LogP contribution in [0.4, 0.5) is 0 Å². The Balaban J connectivity index is 1.08. The molecule has 0 saturated heterocycles. The van der Waals surface area contributed by atoms with Crippen molar-refractivity contribution in [1.29, 1.82) is 0 Å². The van der Waals surface area contributed by atoms with E-state index in [9.17, 15) is 0 Å². The summed E-state index contributed by atoms with van der Waals surface area (Å²) in [6.07, 6.45) is 0. The third kappa shape index (κ3) is 4.67. The van der Waals surface area contributed by atoms with Crippen molar-refractivity contribution in [2.75, 3.05) is 0 Å². The molecular formula is C54H33NS. The molecule has 0 fully saturated rings. The molecule has 2 heteroatoms. The molecule has 0 radical (unpaired) electrons. The van der Waals surface area contributed by atoms with E-state index >= 15 is 0 Å². The van der Waals surface area contributed by atoms with Crippen molar-refractivity contribution in [3.63, 3.8) is 0 Å². The summed E-state index contributed by atoms with van der Waals surface area (Å²) < 4.78 is 5.05. The highest BCUT2D eigenvalue weighted by Crippen LogP contribution is 2.48. The highest BCUT2D eigenvalue weighted by atomic mass is 32.1. The second-order valence-electron chi connectivity index (χ2n) is 14.8. The number of hydrogen-bond acceptors (Lipinski definition) is 1. The number of rotatable bonds is 4. The van der Waals surface area contributed by atoms with Gasteiger partial charge in [-0.05, 0) is 114 Å². The summed E-state index contributed by atoms with van der Waals surface area (Å²) in [5, 5.41) is 12.9. The number of nitrogens with zero attached hydrogens (tertiary/aromatic N) is 1. The summed E-state index contributed by atoms with van der Waals surface area (Å²) in [5.41, 5.74) is 11.1. The van der Waals surface area contributed by atoms with Crippen molar-refractivity contribution in [2.45, 2.75) is 0 Å². The van der Waals surface area contributed by atoms with Crippen LogP contribution in [-0.2, 0) is 0 Å². The van der Waals surface area contributed by atoms with Crippen LogP contribution in [0.2, 0.25) is 0 Å². The van der Waals surface area contributed by atoms with Crippen LogP contribution in [0.3, 0.4) is 0 Å². The molecule has 10 aromatic carbocycles. The molecule has 2 aromatic heterocycles. The van der Waals surface area contributed by atoms with Crippen molar-refractivity contribution in [3.8, 4) is 39.1 Å². The standard InChI is InChI=1S/C54H33NS/c1-2-14-40(15-3-1)55-47-21-11-10-20-45(47)53-48(55)29-31-50-54(53)46-33-39(28-30-49(46)56-50)52-43-18-8-6-16-41(43)51(42-17-7-9-19-44(42)52)36-25-22-35(23-26-36)38-27-24-34-12-4-5-13-37(34)32-38/h1-33H. The van der Waals surface area contributed by atoms with Crippen LogP contribution < -0.4 is 0 Å². The Hall–Kier alpha value is -7.00. The van der Waals surface area contributed by atoms with E-state index in [0.29, 0.717) is 0 Å². The van der Waals surface area contributed by atoms with Gasteiger partial charge >= 0.3 is 0 Å². The van der Waals surface area contributed by atoms with E-state index in [1.54, 1.807) is 0 Å². The molecule has 12 rings (SSSR count). The number of benzene rings is 10. The second-order valence-corrected chi connectivity index (χ2v) is 15.9. The molecule has 0 aliphatic heterocycles. The van der Waals surface area contributed by atoms with Gasteiger partial charge in [-0.1, -0.05) is 152 Å². The maximum absolute atomic E-state index is 2.47. The Labute approximate surface area is 327 Å². The minimum atomic E-state index is 1.18. The molecule has 0 N–H and O–H groups in total. The number of aromatic nitrogens is 1. The van der Waals surface area contributed by atoms with Crippen LogP contribution in [0.1, 0.15) is 0 Å². The Morgan fingerprint density at radius 1 is 0.304 bits per heavy atom. The van der Waals surface area contributed by atoms with Gasteiger partial charge in [-0.25, -0.2) is 0 Å². The highest BCUT2D eigenvalue weighted by Gasteiger charge is 2.20. The Bertz CT molecular complexity index is 3460. The minimum Gasteiger partial charge on any atom is -0.309 e. The third-order valence-electron chi connectivity index (χ3n) is 11.8. The molecular weight excluding hydrogens is 695 g/mol. The molecule has 260 valence electrons. The normalized spacial score (nSPS) is 11.9. The Morgan fingerprint density at radius 3 is 1.59 bits per heavy atom. The first kappa shape index (κ1) is 31.4. The number of thiophene rings is 1. The lowest BCUT2D eigenvalue weighted by Crippen LogP contribution is -1.92. The molecule has 56 heavy (non-hydrogen) atoms. The summed E-state index contributed by atoms with van der Waals surface area (Å²) in [6, 6.07) is 73.9. The van der Waals surface area contributed by atoms with E-state index in [1.165, 1.54) is 113 Å². The molecule has 0 amide bonds. The quantitative estimate of drug-likeness (QED) is 0.159.